The summed E-state index contributed by atoms with van der Waals surface area (Å²) in [5.74, 6) is 1.17. The average molecular weight is 492 g/mol. The van der Waals surface area contributed by atoms with Gasteiger partial charge in [-0.2, -0.15) is 4.31 Å². The Morgan fingerprint density at radius 1 is 1.15 bits per heavy atom. The van der Waals surface area contributed by atoms with E-state index < -0.39 is 15.3 Å². The molecule has 1 saturated heterocycles. The lowest BCUT2D eigenvalue weighted by Crippen LogP contribution is -2.40. The minimum atomic E-state index is -3.58. The highest BCUT2D eigenvalue weighted by Gasteiger charge is 2.26. The van der Waals surface area contributed by atoms with Crippen molar-refractivity contribution in [2.75, 3.05) is 31.6 Å². The first kappa shape index (κ1) is 23.5. The van der Waals surface area contributed by atoms with Gasteiger partial charge in [-0.3, -0.25) is 4.79 Å². The monoisotopic (exact) mass is 491 g/mol. The molecule has 1 amide bonds. The van der Waals surface area contributed by atoms with Crippen molar-refractivity contribution in [2.24, 2.45) is 7.05 Å². The number of nitrogens with zero attached hydrogens (tertiary/aromatic N) is 4. The maximum Gasteiger partial charge on any atom is 0.243 e. The number of carbonyl (C=O) groups excluding carboxylic acids is 1. The number of rotatable bonds is 7. The van der Waals surface area contributed by atoms with E-state index in [0.29, 0.717) is 43.0 Å². The first-order chi connectivity index (χ1) is 15.8. The van der Waals surface area contributed by atoms with Gasteiger partial charge in [-0.05, 0) is 44.2 Å². The lowest BCUT2D eigenvalue weighted by atomic mass is 10.2. The normalized spacial score (nSPS) is 16.0. The molecular formula is C21H25N5O5S2. The number of amides is 1. The molecule has 176 valence electrons. The number of aryl methyl sites for hydroxylation is 1. The third kappa shape index (κ3) is 4.98. The lowest BCUT2D eigenvalue weighted by molar-refractivity contribution is -0.115. The van der Waals surface area contributed by atoms with Crippen LogP contribution in [0.2, 0.25) is 0 Å². The first-order valence-electron chi connectivity index (χ1n) is 10.4. The first-order valence-corrected chi connectivity index (χ1v) is 12.7. The van der Waals surface area contributed by atoms with Crippen LogP contribution in [0.5, 0.6) is 0 Å². The highest BCUT2D eigenvalue weighted by molar-refractivity contribution is 8.00. The number of anilines is 1. The second-order valence-electron chi connectivity index (χ2n) is 7.55. The molecule has 1 aliphatic rings. The second kappa shape index (κ2) is 9.67. The maximum absolute atomic E-state index is 12.7. The molecule has 1 fully saturated rings. The van der Waals surface area contributed by atoms with Crippen molar-refractivity contribution in [1.29, 1.82) is 0 Å². The van der Waals surface area contributed by atoms with E-state index in [2.05, 4.69) is 15.5 Å². The van der Waals surface area contributed by atoms with Gasteiger partial charge >= 0.3 is 0 Å². The van der Waals surface area contributed by atoms with Crippen LogP contribution in [0.15, 0.2) is 51.1 Å². The van der Waals surface area contributed by atoms with Crippen molar-refractivity contribution >= 4 is 33.4 Å². The Balaban J connectivity index is 1.39. The number of nitrogens with one attached hydrogen (secondary N) is 1. The molecule has 1 aliphatic heterocycles. The average Bonchev–Trinajstić information content (AvgIpc) is 3.39. The van der Waals surface area contributed by atoms with E-state index in [1.165, 1.54) is 28.2 Å². The van der Waals surface area contributed by atoms with Crippen LogP contribution < -0.4 is 5.32 Å². The van der Waals surface area contributed by atoms with Gasteiger partial charge in [-0.15, -0.1) is 10.2 Å². The molecule has 0 bridgehead atoms. The molecule has 4 rings (SSSR count). The summed E-state index contributed by atoms with van der Waals surface area (Å²) in [7, 11) is -1.74. The summed E-state index contributed by atoms with van der Waals surface area (Å²) in [6, 6.07) is 8.00. The smallest absolute Gasteiger partial charge is 0.243 e. The largest absolute Gasteiger partial charge is 0.469 e. The Labute approximate surface area is 196 Å². The lowest BCUT2D eigenvalue weighted by Gasteiger charge is -2.26. The molecule has 0 radical (unpaired) electrons. The molecule has 10 nitrogen and oxygen atoms in total. The predicted octanol–water partition coefficient (Wildman–Crippen LogP) is 2.52. The third-order valence-corrected chi connectivity index (χ3v) is 8.36. The van der Waals surface area contributed by atoms with Crippen LogP contribution in [0.1, 0.15) is 12.7 Å². The zero-order valence-electron chi connectivity index (χ0n) is 18.5. The number of ether oxygens (including phenoxy) is 1. The minimum absolute atomic E-state index is 0.186. The van der Waals surface area contributed by atoms with Crippen molar-refractivity contribution in [3.05, 3.63) is 42.4 Å². The summed E-state index contributed by atoms with van der Waals surface area (Å²) in [5, 5.41) is 11.4. The standard InChI is InChI=1S/C21H25N5O5S2/c1-14-18(8-11-31-14)19-23-24-21(25(19)3)32-15(2)20(27)22-16-4-6-17(7-5-16)33(28,29)26-9-12-30-13-10-26/h4-8,11,15H,9-10,12-13H2,1-3H3,(H,22,27)/t15-/m1/s1. The summed E-state index contributed by atoms with van der Waals surface area (Å²) in [6.07, 6.45) is 1.60. The van der Waals surface area contributed by atoms with E-state index >= 15 is 0 Å². The number of sulfonamides is 1. The van der Waals surface area contributed by atoms with Gasteiger partial charge in [0.05, 0.1) is 35.2 Å². The molecule has 3 heterocycles. The molecule has 0 unspecified atom stereocenters. The van der Waals surface area contributed by atoms with Gasteiger partial charge in [0, 0.05) is 25.8 Å². The zero-order valence-corrected chi connectivity index (χ0v) is 20.1. The quantitative estimate of drug-likeness (QED) is 0.501. The Morgan fingerprint density at radius 2 is 1.85 bits per heavy atom. The fourth-order valence-corrected chi connectivity index (χ4v) is 5.59. The second-order valence-corrected chi connectivity index (χ2v) is 10.8. The molecule has 1 atom stereocenters. The summed E-state index contributed by atoms with van der Waals surface area (Å²) in [5.41, 5.74) is 1.36. The van der Waals surface area contributed by atoms with Gasteiger partial charge in [0.2, 0.25) is 15.9 Å². The van der Waals surface area contributed by atoms with Gasteiger partial charge in [0.15, 0.2) is 11.0 Å². The van der Waals surface area contributed by atoms with Crippen LogP contribution >= 0.6 is 11.8 Å². The fourth-order valence-electron chi connectivity index (χ4n) is 3.37. The number of hydrogen-bond donors (Lipinski definition) is 1. The Kier molecular flexibility index (Phi) is 6.88. The van der Waals surface area contributed by atoms with Crippen LogP contribution in [0.4, 0.5) is 5.69 Å². The third-order valence-electron chi connectivity index (χ3n) is 5.32. The summed E-state index contributed by atoms with van der Waals surface area (Å²) < 4.78 is 39.2. The van der Waals surface area contributed by atoms with E-state index in [1.807, 2.05) is 24.6 Å². The maximum atomic E-state index is 12.7. The van der Waals surface area contributed by atoms with Crippen LogP contribution in [-0.2, 0) is 26.6 Å². The highest BCUT2D eigenvalue weighted by Crippen LogP contribution is 2.28. The summed E-state index contributed by atoms with van der Waals surface area (Å²) in [4.78, 5) is 12.9. The van der Waals surface area contributed by atoms with Crippen LogP contribution in [0.25, 0.3) is 11.4 Å². The Morgan fingerprint density at radius 3 is 2.48 bits per heavy atom. The van der Waals surface area contributed by atoms with Crippen molar-refractivity contribution in [1.82, 2.24) is 19.1 Å². The van der Waals surface area contributed by atoms with Gasteiger partial charge in [-0.25, -0.2) is 8.42 Å². The fraction of sp³-hybridized carbons (Fsp3) is 0.381. The molecule has 12 heteroatoms. The number of morpholine rings is 1. The number of furan rings is 1. The molecule has 2 aromatic heterocycles. The van der Waals surface area contributed by atoms with Crippen LogP contribution in [-0.4, -0.2) is 64.9 Å². The van der Waals surface area contributed by atoms with Crippen LogP contribution in [0, 0.1) is 6.92 Å². The van der Waals surface area contributed by atoms with E-state index in [4.69, 9.17) is 9.15 Å². The van der Waals surface area contributed by atoms with E-state index in [9.17, 15) is 13.2 Å². The number of aromatic nitrogens is 3. The highest BCUT2D eigenvalue weighted by atomic mass is 32.2. The minimum Gasteiger partial charge on any atom is -0.469 e. The summed E-state index contributed by atoms with van der Waals surface area (Å²) in [6.45, 7) is 5.06. The van der Waals surface area contributed by atoms with E-state index in [-0.39, 0.29) is 10.8 Å². The van der Waals surface area contributed by atoms with Crippen LogP contribution in [0.3, 0.4) is 0 Å². The number of carbonyl (C=O) groups is 1. The SMILES string of the molecule is Cc1occc1-c1nnc(S[C@H](C)C(=O)Nc2ccc(S(=O)(=O)N3CCOCC3)cc2)n1C. The Hall–Kier alpha value is -2.67. The number of hydrogen-bond acceptors (Lipinski definition) is 8. The van der Waals surface area contributed by atoms with E-state index in [0.717, 1.165) is 11.3 Å². The molecule has 33 heavy (non-hydrogen) atoms. The van der Waals surface area contributed by atoms with Crippen molar-refractivity contribution in [3.8, 4) is 11.4 Å². The molecule has 3 aromatic rings. The molecule has 1 N–H and O–H groups in total. The molecular weight excluding hydrogens is 466 g/mol. The zero-order chi connectivity index (χ0) is 23.6. The number of benzene rings is 1. The molecule has 0 spiro atoms. The topological polar surface area (TPSA) is 120 Å². The molecule has 1 aromatic carbocycles. The summed E-state index contributed by atoms with van der Waals surface area (Å²) >= 11 is 1.28. The molecule has 0 aliphatic carbocycles. The van der Waals surface area contributed by atoms with Gasteiger partial charge in [0.25, 0.3) is 0 Å². The van der Waals surface area contributed by atoms with Gasteiger partial charge < -0.3 is 19.0 Å². The van der Waals surface area contributed by atoms with Crippen molar-refractivity contribution in [2.45, 2.75) is 29.1 Å². The van der Waals surface area contributed by atoms with Gasteiger partial charge in [0.1, 0.15) is 5.76 Å². The predicted molar refractivity (Wildman–Crippen MR) is 123 cm³/mol. The van der Waals surface area contributed by atoms with Gasteiger partial charge in [-0.1, -0.05) is 11.8 Å². The number of thioether (sulfide) groups is 1. The van der Waals surface area contributed by atoms with Crippen molar-refractivity contribution in [3.63, 3.8) is 0 Å². The van der Waals surface area contributed by atoms with Crippen molar-refractivity contribution < 1.29 is 22.4 Å². The molecule has 0 saturated carbocycles. The Bertz CT molecular complexity index is 1230. The van der Waals surface area contributed by atoms with E-state index in [1.54, 1.807) is 25.3 Å².